The van der Waals surface area contributed by atoms with E-state index in [-0.39, 0.29) is 6.03 Å². The van der Waals surface area contributed by atoms with Gasteiger partial charge in [0.1, 0.15) is 5.69 Å². The minimum absolute atomic E-state index is 0.108. The third-order valence-electron chi connectivity index (χ3n) is 3.81. The topological polar surface area (TPSA) is 74.2 Å². The molecule has 8 heteroatoms. The van der Waals surface area contributed by atoms with Crippen LogP contribution < -0.4 is 5.32 Å². The van der Waals surface area contributed by atoms with Gasteiger partial charge in [0.15, 0.2) is 5.01 Å². The summed E-state index contributed by atoms with van der Waals surface area (Å²) in [6.45, 7) is 8.83. The van der Waals surface area contributed by atoms with Gasteiger partial charge >= 0.3 is 6.03 Å². The Morgan fingerprint density at radius 1 is 1.25 bits per heavy atom. The van der Waals surface area contributed by atoms with Crippen LogP contribution in [0.5, 0.6) is 0 Å². The van der Waals surface area contributed by atoms with E-state index in [1.807, 2.05) is 23.1 Å². The van der Waals surface area contributed by atoms with Crippen molar-refractivity contribution in [1.82, 2.24) is 25.0 Å². The van der Waals surface area contributed by atoms with E-state index in [1.54, 1.807) is 6.20 Å². The van der Waals surface area contributed by atoms with Crippen LogP contribution in [0.2, 0.25) is 0 Å². The highest BCUT2D eigenvalue weighted by molar-refractivity contribution is 7.18. The first-order valence-electron chi connectivity index (χ1n) is 8.15. The van der Waals surface area contributed by atoms with E-state index in [2.05, 4.69) is 39.2 Å². The van der Waals surface area contributed by atoms with Gasteiger partial charge in [-0.15, -0.1) is 10.2 Å². The van der Waals surface area contributed by atoms with Crippen molar-refractivity contribution in [3.05, 3.63) is 24.4 Å². The van der Waals surface area contributed by atoms with Crippen molar-refractivity contribution in [3.8, 4) is 10.7 Å². The quantitative estimate of drug-likeness (QED) is 0.920. The number of anilines is 1. The van der Waals surface area contributed by atoms with Crippen LogP contribution in [-0.4, -0.2) is 63.7 Å². The molecule has 3 heterocycles. The number of urea groups is 1. The van der Waals surface area contributed by atoms with Gasteiger partial charge in [0.05, 0.1) is 0 Å². The Hall–Kier alpha value is -2.06. The molecular formula is C16H22N6OS. The van der Waals surface area contributed by atoms with Crippen molar-refractivity contribution in [3.63, 3.8) is 0 Å². The summed E-state index contributed by atoms with van der Waals surface area (Å²) < 4.78 is 0. The zero-order chi connectivity index (χ0) is 16.9. The average Bonchev–Trinajstić information content (AvgIpc) is 3.04. The van der Waals surface area contributed by atoms with E-state index < -0.39 is 0 Å². The van der Waals surface area contributed by atoms with Gasteiger partial charge in [0, 0.05) is 38.9 Å². The van der Waals surface area contributed by atoms with Gasteiger partial charge in [-0.05, 0) is 18.1 Å². The maximum absolute atomic E-state index is 12.4. The van der Waals surface area contributed by atoms with Crippen molar-refractivity contribution in [2.45, 2.75) is 13.8 Å². The summed E-state index contributed by atoms with van der Waals surface area (Å²) in [6.07, 6.45) is 1.71. The summed E-state index contributed by atoms with van der Waals surface area (Å²) in [5.74, 6) is 0.650. The number of piperazine rings is 1. The lowest BCUT2D eigenvalue weighted by Gasteiger charge is -2.35. The van der Waals surface area contributed by atoms with Gasteiger partial charge < -0.3 is 4.90 Å². The minimum atomic E-state index is -0.108. The molecule has 1 saturated heterocycles. The fraction of sp³-hybridized carbons (Fsp3) is 0.500. The molecule has 2 aromatic heterocycles. The van der Waals surface area contributed by atoms with Crippen LogP contribution in [0.25, 0.3) is 10.7 Å². The lowest BCUT2D eigenvalue weighted by molar-refractivity contribution is 0.138. The van der Waals surface area contributed by atoms with Crippen LogP contribution in [0.1, 0.15) is 13.8 Å². The standard InChI is InChI=1S/C16H22N6OS/c1-12(2)11-21-7-9-22(10-8-21)16(23)18-15-20-19-14(24-15)13-5-3-4-6-17-13/h3-6,12H,7-11H2,1-2H3,(H,18,20,23). The van der Waals surface area contributed by atoms with E-state index in [0.29, 0.717) is 16.1 Å². The fourth-order valence-corrected chi connectivity index (χ4v) is 3.40. The van der Waals surface area contributed by atoms with Crippen molar-refractivity contribution < 1.29 is 4.79 Å². The maximum Gasteiger partial charge on any atom is 0.323 e. The molecule has 128 valence electrons. The normalized spacial score (nSPS) is 15.7. The van der Waals surface area contributed by atoms with Crippen molar-refractivity contribution in [1.29, 1.82) is 0 Å². The molecule has 7 nitrogen and oxygen atoms in total. The zero-order valence-electron chi connectivity index (χ0n) is 14.0. The number of rotatable bonds is 4. The molecule has 0 bridgehead atoms. The Labute approximate surface area is 145 Å². The first-order valence-corrected chi connectivity index (χ1v) is 8.96. The van der Waals surface area contributed by atoms with Crippen LogP contribution >= 0.6 is 11.3 Å². The maximum atomic E-state index is 12.4. The van der Waals surface area contributed by atoms with Gasteiger partial charge in [0.2, 0.25) is 5.13 Å². The SMILES string of the molecule is CC(C)CN1CCN(C(=O)Nc2nnc(-c3ccccn3)s2)CC1. The Bertz CT molecular complexity index is 666. The number of carbonyl (C=O) groups excluding carboxylic acids is 1. The van der Waals surface area contributed by atoms with Crippen LogP contribution in [0.3, 0.4) is 0 Å². The Morgan fingerprint density at radius 3 is 2.71 bits per heavy atom. The highest BCUT2D eigenvalue weighted by atomic mass is 32.1. The van der Waals surface area contributed by atoms with E-state index in [4.69, 9.17) is 0 Å². The summed E-state index contributed by atoms with van der Waals surface area (Å²) in [6, 6.07) is 5.52. The second-order valence-corrected chi connectivity index (χ2v) is 7.22. The van der Waals surface area contributed by atoms with Crippen LogP contribution in [0.4, 0.5) is 9.93 Å². The number of aromatic nitrogens is 3. The van der Waals surface area contributed by atoms with E-state index in [9.17, 15) is 4.79 Å². The monoisotopic (exact) mass is 346 g/mol. The molecule has 3 rings (SSSR count). The molecule has 0 radical (unpaired) electrons. The summed E-state index contributed by atoms with van der Waals surface area (Å²) in [7, 11) is 0. The molecular weight excluding hydrogens is 324 g/mol. The molecule has 0 aliphatic carbocycles. The van der Waals surface area contributed by atoms with Crippen LogP contribution in [0.15, 0.2) is 24.4 Å². The number of hydrogen-bond acceptors (Lipinski definition) is 6. The van der Waals surface area contributed by atoms with E-state index in [1.165, 1.54) is 11.3 Å². The average molecular weight is 346 g/mol. The van der Waals surface area contributed by atoms with Gasteiger partial charge in [-0.1, -0.05) is 31.3 Å². The highest BCUT2D eigenvalue weighted by Gasteiger charge is 2.22. The number of pyridine rings is 1. The first-order chi connectivity index (χ1) is 11.6. The Kier molecular flexibility index (Phi) is 5.37. The molecule has 0 saturated carbocycles. The van der Waals surface area contributed by atoms with Gasteiger partial charge in [-0.2, -0.15) is 0 Å². The second kappa shape index (κ2) is 7.67. The van der Waals surface area contributed by atoms with Crippen molar-refractivity contribution in [2.75, 3.05) is 38.0 Å². The third-order valence-corrected chi connectivity index (χ3v) is 4.67. The molecule has 24 heavy (non-hydrogen) atoms. The number of nitrogens with one attached hydrogen (secondary N) is 1. The van der Waals surface area contributed by atoms with Gasteiger partial charge in [-0.3, -0.25) is 15.2 Å². The molecule has 0 atom stereocenters. The summed E-state index contributed by atoms with van der Waals surface area (Å²) in [5.41, 5.74) is 0.762. The highest BCUT2D eigenvalue weighted by Crippen LogP contribution is 2.24. The second-order valence-electron chi connectivity index (χ2n) is 6.24. The molecule has 1 aliphatic rings. The van der Waals surface area contributed by atoms with E-state index in [0.717, 1.165) is 38.4 Å². The molecule has 0 unspecified atom stereocenters. The van der Waals surface area contributed by atoms with Crippen LogP contribution in [-0.2, 0) is 0 Å². The number of hydrogen-bond donors (Lipinski definition) is 1. The number of amides is 2. The summed E-state index contributed by atoms with van der Waals surface area (Å²) in [4.78, 5) is 20.8. The van der Waals surface area contributed by atoms with Gasteiger partial charge in [0.25, 0.3) is 0 Å². The predicted octanol–water partition coefficient (Wildman–Crippen LogP) is 2.41. The van der Waals surface area contributed by atoms with Crippen molar-refractivity contribution >= 4 is 22.5 Å². The molecule has 0 aromatic carbocycles. The zero-order valence-corrected chi connectivity index (χ0v) is 14.8. The number of carbonyl (C=O) groups is 1. The lowest BCUT2D eigenvalue weighted by Crippen LogP contribution is -2.50. The summed E-state index contributed by atoms with van der Waals surface area (Å²) in [5, 5.41) is 12.2. The van der Waals surface area contributed by atoms with E-state index >= 15 is 0 Å². The van der Waals surface area contributed by atoms with Crippen LogP contribution in [0, 0.1) is 5.92 Å². The minimum Gasteiger partial charge on any atom is -0.322 e. The summed E-state index contributed by atoms with van der Waals surface area (Å²) >= 11 is 1.33. The predicted molar refractivity (Wildman–Crippen MR) is 95.0 cm³/mol. The molecule has 1 fully saturated rings. The fourth-order valence-electron chi connectivity index (χ4n) is 2.69. The Morgan fingerprint density at radius 2 is 2.04 bits per heavy atom. The third kappa shape index (κ3) is 4.27. The number of nitrogens with zero attached hydrogens (tertiary/aromatic N) is 5. The van der Waals surface area contributed by atoms with Gasteiger partial charge in [-0.25, -0.2) is 4.79 Å². The smallest absolute Gasteiger partial charge is 0.322 e. The molecule has 0 spiro atoms. The van der Waals surface area contributed by atoms with Crippen molar-refractivity contribution in [2.24, 2.45) is 5.92 Å². The molecule has 2 amide bonds. The Balaban J connectivity index is 1.54. The lowest BCUT2D eigenvalue weighted by atomic mass is 10.2. The largest absolute Gasteiger partial charge is 0.323 e. The molecule has 1 aliphatic heterocycles. The molecule has 1 N–H and O–H groups in total. The molecule has 2 aromatic rings. The first kappa shape index (κ1) is 16.8.